The molecule has 1 unspecified atom stereocenters. The second-order valence-corrected chi connectivity index (χ2v) is 6.46. The molecule has 112 valence electrons. The topological polar surface area (TPSA) is 61.8 Å². The Labute approximate surface area is 120 Å². The van der Waals surface area contributed by atoms with E-state index in [9.17, 15) is 8.42 Å². The van der Waals surface area contributed by atoms with Crippen molar-refractivity contribution in [3.8, 4) is 0 Å². The van der Waals surface area contributed by atoms with Gasteiger partial charge in [0.1, 0.15) is 6.10 Å². The summed E-state index contributed by atoms with van der Waals surface area (Å²) in [4.78, 5) is 0. The van der Waals surface area contributed by atoms with E-state index in [1.165, 1.54) is 0 Å². The van der Waals surface area contributed by atoms with Gasteiger partial charge in [-0.25, -0.2) is 0 Å². The molecule has 0 saturated carbocycles. The summed E-state index contributed by atoms with van der Waals surface area (Å²) >= 11 is 0. The molecular formula is C14H20O5S. The lowest BCUT2D eigenvalue weighted by Gasteiger charge is -2.27. The SMILES string of the molecule is CS(=O)(=O)OC[C@@H](OC1CCCCO1)c1ccccc1. The summed E-state index contributed by atoms with van der Waals surface area (Å²) in [5, 5.41) is 0. The van der Waals surface area contributed by atoms with Gasteiger partial charge in [-0.15, -0.1) is 0 Å². The minimum atomic E-state index is -3.49. The first-order valence-electron chi connectivity index (χ1n) is 6.71. The molecule has 0 bridgehead atoms. The third-order valence-corrected chi connectivity index (χ3v) is 3.62. The van der Waals surface area contributed by atoms with Crippen LogP contribution in [-0.2, 0) is 23.8 Å². The fraction of sp³-hybridized carbons (Fsp3) is 0.571. The second-order valence-electron chi connectivity index (χ2n) is 4.82. The Kier molecular flexibility index (Phi) is 5.54. The molecule has 1 aliphatic rings. The van der Waals surface area contributed by atoms with E-state index in [0.717, 1.165) is 31.1 Å². The summed E-state index contributed by atoms with van der Waals surface area (Å²) in [7, 11) is -3.49. The van der Waals surface area contributed by atoms with E-state index < -0.39 is 16.2 Å². The number of hydrogen-bond acceptors (Lipinski definition) is 5. The quantitative estimate of drug-likeness (QED) is 0.754. The zero-order valence-electron chi connectivity index (χ0n) is 11.5. The standard InChI is InChI=1S/C14H20O5S/c1-20(15,16)18-11-13(12-7-3-2-4-8-12)19-14-9-5-6-10-17-14/h2-4,7-8,13-14H,5-6,9-11H2,1H3/t13-,14?/m1/s1. The summed E-state index contributed by atoms with van der Waals surface area (Å²) in [5.41, 5.74) is 0.880. The smallest absolute Gasteiger partial charge is 0.264 e. The van der Waals surface area contributed by atoms with Crippen LogP contribution in [0.25, 0.3) is 0 Å². The molecule has 6 heteroatoms. The molecule has 0 aromatic heterocycles. The Hall–Kier alpha value is -0.950. The van der Waals surface area contributed by atoms with Crippen molar-refractivity contribution in [2.24, 2.45) is 0 Å². The van der Waals surface area contributed by atoms with Crippen LogP contribution in [0.3, 0.4) is 0 Å². The highest BCUT2D eigenvalue weighted by Crippen LogP contribution is 2.24. The van der Waals surface area contributed by atoms with Gasteiger partial charge in [-0.05, 0) is 24.8 Å². The molecule has 0 aliphatic carbocycles. The maximum Gasteiger partial charge on any atom is 0.264 e. The summed E-state index contributed by atoms with van der Waals surface area (Å²) in [6, 6.07) is 9.44. The monoisotopic (exact) mass is 300 g/mol. The molecule has 1 aromatic rings. The predicted octanol–water partition coefficient (Wildman–Crippen LogP) is 2.25. The van der Waals surface area contributed by atoms with Crippen LogP contribution in [0.4, 0.5) is 0 Å². The van der Waals surface area contributed by atoms with Crippen molar-refractivity contribution in [2.45, 2.75) is 31.7 Å². The first-order valence-corrected chi connectivity index (χ1v) is 8.53. The lowest BCUT2D eigenvalue weighted by Crippen LogP contribution is -2.26. The largest absolute Gasteiger partial charge is 0.353 e. The Morgan fingerprint density at radius 1 is 1.30 bits per heavy atom. The molecule has 1 heterocycles. The zero-order valence-corrected chi connectivity index (χ0v) is 12.3. The van der Waals surface area contributed by atoms with E-state index in [2.05, 4.69) is 0 Å². The van der Waals surface area contributed by atoms with Crippen molar-refractivity contribution in [3.63, 3.8) is 0 Å². The van der Waals surface area contributed by atoms with Crippen molar-refractivity contribution in [2.75, 3.05) is 19.5 Å². The molecule has 0 N–H and O–H groups in total. The molecule has 2 atom stereocenters. The van der Waals surface area contributed by atoms with E-state index in [-0.39, 0.29) is 12.9 Å². The van der Waals surface area contributed by atoms with E-state index in [1.54, 1.807) is 0 Å². The maximum absolute atomic E-state index is 11.2. The van der Waals surface area contributed by atoms with Crippen molar-refractivity contribution in [1.82, 2.24) is 0 Å². The van der Waals surface area contributed by atoms with Crippen LogP contribution in [-0.4, -0.2) is 34.2 Å². The lowest BCUT2D eigenvalue weighted by atomic mass is 10.1. The van der Waals surface area contributed by atoms with Gasteiger partial charge in [0.25, 0.3) is 10.1 Å². The molecule has 20 heavy (non-hydrogen) atoms. The van der Waals surface area contributed by atoms with Gasteiger partial charge in [0, 0.05) is 6.61 Å². The highest BCUT2D eigenvalue weighted by atomic mass is 32.2. The number of benzene rings is 1. The van der Waals surface area contributed by atoms with Gasteiger partial charge in [0.15, 0.2) is 6.29 Å². The van der Waals surface area contributed by atoms with Gasteiger partial charge in [0.05, 0.1) is 12.9 Å². The molecule has 0 spiro atoms. The molecular weight excluding hydrogens is 280 g/mol. The lowest BCUT2D eigenvalue weighted by molar-refractivity contribution is -0.195. The average Bonchev–Trinajstić information content (AvgIpc) is 2.44. The average molecular weight is 300 g/mol. The second kappa shape index (κ2) is 7.17. The third-order valence-electron chi connectivity index (χ3n) is 3.06. The Bertz CT molecular complexity index is 494. The normalized spacial score (nSPS) is 21.6. The van der Waals surface area contributed by atoms with Gasteiger partial charge in [-0.3, -0.25) is 4.18 Å². The van der Waals surface area contributed by atoms with Gasteiger partial charge >= 0.3 is 0 Å². The van der Waals surface area contributed by atoms with E-state index in [4.69, 9.17) is 13.7 Å². The number of ether oxygens (including phenoxy) is 2. The molecule has 2 rings (SSSR count). The van der Waals surface area contributed by atoms with Crippen LogP contribution >= 0.6 is 0 Å². The first kappa shape index (κ1) is 15.4. The predicted molar refractivity (Wildman–Crippen MR) is 74.7 cm³/mol. The number of hydrogen-bond donors (Lipinski definition) is 0. The van der Waals surface area contributed by atoms with Crippen LogP contribution < -0.4 is 0 Å². The van der Waals surface area contributed by atoms with Gasteiger partial charge in [-0.1, -0.05) is 30.3 Å². The summed E-state index contributed by atoms with van der Waals surface area (Å²) < 4.78 is 38.6. The Morgan fingerprint density at radius 3 is 2.65 bits per heavy atom. The van der Waals surface area contributed by atoms with Gasteiger partial charge in [0.2, 0.25) is 0 Å². The molecule has 0 amide bonds. The minimum Gasteiger partial charge on any atom is -0.353 e. The maximum atomic E-state index is 11.2. The zero-order chi connectivity index (χ0) is 14.4. The van der Waals surface area contributed by atoms with E-state index in [1.807, 2.05) is 30.3 Å². The van der Waals surface area contributed by atoms with Crippen LogP contribution in [0.5, 0.6) is 0 Å². The van der Waals surface area contributed by atoms with Crippen molar-refractivity contribution in [1.29, 1.82) is 0 Å². The Morgan fingerprint density at radius 2 is 2.05 bits per heavy atom. The van der Waals surface area contributed by atoms with Crippen molar-refractivity contribution < 1.29 is 22.1 Å². The van der Waals surface area contributed by atoms with Crippen molar-refractivity contribution in [3.05, 3.63) is 35.9 Å². The summed E-state index contributed by atoms with van der Waals surface area (Å²) in [6.07, 6.45) is 3.20. The number of rotatable bonds is 6. The molecule has 1 fully saturated rings. The Balaban J connectivity index is 2.03. The summed E-state index contributed by atoms with van der Waals surface area (Å²) in [6.45, 7) is 0.641. The van der Waals surface area contributed by atoms with Crippen LogP contribution in [0.1, 0.15) is 30.9 Å². The van der Waals surface area contributed by atoms with Crippen LogP contribution in [0.2, 0.25) is 0 Å². The summed E-state index contributed by atoms with van der Waals surface area (Å²) in [5.74, 6) is 0. The molecule has 5 nitrogen and oxygen atoms in total. The molecule has 1 saturated heterocycles. The van der Waals surface area contributed by atoms with Crippen LogP contribution in [0.15, 0.2) is 30.3 Å². The first-order chi connectivity index (χ1) is 9.54. The van der Waals surface area contributed by atoms with E-state index in [0.29, 0.717) is 6.61 Å². The molecule has 1 aromatic carbocycles. The van der Waals surface area contributed by atoms with Crippen molar-refractivity contribution >= 4 is 10.1 Å². The third kappa shape index (κ3) is 5.20. The minimum absolute atomic E-state index is 0.0390. The fourth-order valence-electron chi connectivity index (χ4n) is 2.07. The molecule has 1 aliphatic heterocycles. The highest BCUT2D eigenvalue weighted by Gasteiger charge is 2.22. The molecule has 0 radical (unpaired) electrons. The van der Waals surface area contributed by atoms with Gasteiger partial charge in [-0.2, -0.15) is 8.42 Å². The fourth-order valence-corrected chi connectivity index (χ4v) is 2.44. The van der Waals surface area contributed by atoms with Crippen LogP contribution in [0, 0.1) is 0 Å². The highest BCUT2D eigenvalue weighted by molar-refractivity contribution is 7.85. The van der Waals surface area contributed by atoms with E-state index >= 15 is 0 Å². The van der Waals surface area contributed by atoms with Gasteiger partial charge < -0.3 is 9.47 Å².